The van der Waals surface area contributed by atoms with E-state index < -0.39 is 17.7 Å². The van der Waals surface area contributed by atoms with Gasteiger partial charge in [0, 0.05) is 25.1 Å². The van der Waals surface area contributed by atoms with E-state index in [1.807, 2.05) is 73.8 Å². The van der Waals surface area contributed by atoms with Crippen molar-refractivity contribution >= 4 is 23.1 Å². The Hall–Kier alpha value is -4.46. The van der Waals surface area contributed by atoms with Crippen molar-refractivity contribution in [1.82, 2.24) is 19.3 Å². The minimum atomic E-state index is -0.800. The fourth-order valence-corrected chi connectivity index (χ4v) is 4.72. The van der Waals surface area contributed by atoms with Crippen molar-refractivity contribution in [3.63, 3.8) is 0 Å². The van der Waals surface area contributed by atoms with E-state index in [-0.39, 0.29) is 23.6 Å². The molecule has 8 heteroatoms. The average molecular weight is 497 g/mol. The van der Waals surface area contributed by atoms with Crippen molar-refractivity contribution in [2.75, 3.05) is 6.61 Å². The largest absolute Gasteiger partial charge is 0.505 e. The maximum atomic E-state index is 13.4. The summed E-state index contributed by atoms with van der Waals surface area (Å²) in [6.45, 7) is 6.54. The molecule has 37 heavy (non-hydrogen) atoms. The number of ether oxygens (including phenoxy) is 1. The molecule has 5 rings (SSSR count). The second kappa shape index (κ2) is 9.89. The first kappa shape index (κ1) is 24.2. The number of rotatable bonds is 7. The summed E-state index contributed by atoms with van der Waals surface area (Å²) in [7, 11) is 0. The fourth-order valence-electron chi connectivity index (χ4n) is 4.72. The second-order valence-electron chi connectivity index (χ2n) is 9.14. The zero-order valence-electron chi connectivity index (χ0n) is 21.0. The number of aliphatic hydroxyl groups excluding tert-OH is 1. The highest BCUT2D eigenvalue weighted by molar-refractivity contribution is 6.46. The number of carbonyl (C=O) groups excluding carboxylic acids is 2. The fraction of sp³-hybridized carbons (Fsp3) is 0.241. The van der Waals surface area contributed by atoms with E-state index in [1.54, 1.807) is 18.5 Å². The number of Topliss-reactive ketones (excluding diaryl/α,β-unsaturated/α-hetero) is 1. The first-order chi connectivity index (χ1) is 17.9. The summed E-state index contributed by atoms with van der Waals surface area (Å²) >= 11 is 0. The lowest BCUT2D eigenvalue weighted by atomic mass is 9.96. The molecule has 0 spiro atoms. The van der Waals surface area contributed by atoms with Gasteiger partial charge in [-0.3, -0.25) is 14.6 Å². The third-order valence-electron chi connectivity index (χ3n) is 6.59. The van der Waals surface area contributed by atoms with Gasteiger partial charge in [-0.2, -0.15) is 0 Å². The summed E-state index contributed by atoms with van der Waals surface area (Å²) in [6, 6.07) is 13.9. The Labute approximate surface area is 214 Å². The molecule has 1 unspecified atom stereocenters. The molecule has 4 aromatic rings. The van der Waals surface area contributed by atoms with E-state index in [1.165, 1.54) is 4.90 Å². The van der Waals surface area contributed by atoms with E-state index in [4.69, 9.17) is 4.74 Å². The predicted molar refractivity (Wildman–Crippen MR) is 139 cm³/mol. The monoisotopic (exact) mass is 496 g/mol. The Morgan fingerprint density at radius 2 is 1.86 bits per heavy atom. The molecule has 0 aliphatic carbocycles. The molecule has 0 radical (unpaired) electrons. The van der Waals surface area contributed by atoms with Gasteiger partial charge in [0.1, 0.15) is 17.1 Å². The number of imidazole rings is 1. The standard InChI is InChI=1S/C29H28N4O4/c1-4-15-37-22-11-9-21(10-12-22)25-23(27(35)29(36)33(25)17-20-8-5-13-30-16-20)26(34)24-19(3)32-14-6-7-18(2)28(32)31-24/h5-14,16,25,34H,4,15,17H2,1-3H3/b26-23+. The summed E-state index contributed by atoms with van der Waals surface area (Å²) in [4.78, 5) is 37.0. The van der Waals surface area contributed by atoms with Crippen LogP contribution in [0.1, 0.15) is 47.5 Å². The zero-order chi connectivity index (χ0) is 26.1. The smallest absolute Gasteiger partial charge is 0.295 e. The molecule has 188 valence electrons. The van der Waals surface area contributed by atoms with Gasteiger partial charge in [0.25, 0.3) is 11.7 Å². The molecule has 1 fully saturated rings. The van der Waals surface area contributed by atoms with Gasteiger partial charge < -0.3 is 19.1 Å². The van der Waals surface area contributed by atoms with E-state index in [9.17, 15) is 14.7 Å². The van der Waals surface area contributed by atoms with Crippen molar-refractivity contribution in [3.05, 3.63) is 101 Å². The molecule has 0 saturated carbocycles. The number of ketones is 1. The third kappa shape index (κ3) is 4.35. The molecule has 1 atom stereocenters. The van der Waals surface area contributed by atoms with Crippen LogP contribution >= 0.6 is 0 Å². The average Bonchev–Trinajstić information content (AvgIpc) is 3.38. The SMILES string of the molecule is CCCOc1ccc(C2/C(=C(\O)c3nc4c(C)cccn4c3C)C(=O)C(=O)N2Cc2cccnc2)cc1. The van der Waals surface area contributed by atoms with Gasteiger partial charge in [-0.05, 0) is 61.2 Å². The van der Waals surface area contributed by atoms with Crippen LogP contribution in [0.2, 0.25) is 0 Å². The molecule has 1 aliphatic heterocycles. The molecule has 4 heterocycles. The lowest BCUT2D eigenvalue weighted by molar-refractivity contribution is -0.140. The molecule has 8 nitrogen and oxygen atoms in total. The lowest BCUT2D eigenvalue weighted by Crippen LogP contribution is -2.29. The minimum Gasteiger partial charge on any atom is -0.505 e. The van der Waals surface area contributed by atoms with Crippen LogP contribution in [-0.2, 0) is 16.1 Å². The molecule has 1 aromatic carbocycles. The zero-order valence-corrected chi connectivity index (χ0v) is 21.0. The van der Waals surface area contributed by atoms with E-state index in [0.29, 0.717) is 29.3 Å². The van der Waals surface area contributed by atoms with Gasteiger partial charge >= 0.3 is 0 Å². The molecular weight excluding hydrogens is 468 g/mol. The Morgan fingerprint density at radius 1 is 1.08 bits per heavy atom. The summed E-state index contributed by atoms with van der Waals surface area (Å²) in [5.74, 6) is -1.02. The first-order valence-corrected chi connectivity index (χ1v) is 12.3. The van der Waals surface area contributed by atoms with Gasteiger partial charge in [-0.1, -0.05) is 31.2 Å². The molecule has 1 amide bonds. The highest BCUT2D eigenvalue weighted by Gasteiger charge is 2.46. The Kier molecular flexibility index (Phi) is 6.48. The number of amides is 1. The van der Waals surface area contributed by atoms with Crippen LogP contribution < -0.4 is 4.74 Å². The summed E-state index contributed by atoms with van der Waals surface area (Å²) in [5, 5.41) is 11.5. The van der Waals surface area contributed by atoms with Gasteiger partial charge in [0.15, 0.2) is 5.76 Å². The molecule has 3 aromatic heterocycles. The summed E-state index contributed by atoms with van der Waals surface area (Å²) in [6.07, 6.45) is 6.05. The van der Waals surface area contributed by atoms with Crippen LogP contribution in [0, 0.1) is 13.8 Å². The van der Waals surface area contributed by atoms with Crippen molar-refractivity contribution in [1.29, 1.82) is 0 Å². The molecule has 1 saturated heterocycles. The maximum Gasteiger partial charge on any atom is 0.295 e. The number of aromatic nitrogens is 3. The van der Waals surface area contributed by atoms with Gasteiger partial charge in [-0.15, -0.1) is 0 Å². The first-order valence-electron chi connectivity index (χ1n) is 12.3. The van der Waals surface area contributed by atoms with Crippen LogP contribution in [0.5, 0.6) is 5.75 Å². The minimum absolute atomic E-state index is 0.0141. The third-order valence-corrected chi connectivity index (χ3v) is 6.59. The summed E-state index contributed by atoms with van der Waals surface area (Å²) < 4.78 is 7.58. The van der Waals surface area contributed by atoms with Crippen LogP contribution in [-0.4, -0.2) is 42.7 Å². The van der Waals surface area contributed by atoms with Crippen molar-refractivity contribution in [2.45, 2.75) is 39.8 Å². The van der Waals surface area contributed by atoms with E-state index in [0.717, 1.165) is 17.5 Å². The molecule has 1 N–H and O–H groups in total. The molecule has 0 bridgehead atoms. The lowest BCUT2D eigenvalue weighted by Gasteiger charge is -2.25. The number of hydrogen-bond acceptors (Lipinski definition) is 6. The van der Waals surface area contributed by atoms with Gasteiger partial charge in [0.05, 0.1) is 23.9 Å². The van der Waals surface area contributed by atoms with Crippen LogP contribution in [0.3, 0.4) is 0 Å². The molecular formula is C29H28N4O4. The van der Waals surface area contributed by atoms with Gasteiger partial charge in [-0.25, -0.2) is 4.98 Å². The second-order valence-corrected chi connectivity index (χ2v) is 9.14. The van der Waals surface area contributed by atoms with Crippen LogP contribution in [0.4, 0.5) is 0 Å². The highest BCUT2D eigenvalue weighted by Crippen LogP contribution is 2.41. The number of pyridine rings is 2. The summed E-state index contributed by atoms with van der Waals surface area (Å²) in [5.41, 5.74) is 4.04. The number of carbonyl (C=O) groups is 2. The Morgan fingerprint density at radius 3 is 2.54 bits per heavy atom. The van der Waals surface area contributed by atoms with Crippen molar-refractivity contribution in [3.8, 4) is 5.75 Å². The van der Waals surface area contributed by atoms with E-state index in [2.05, 4.69) is 9.97 Å². The Bertz CT molecular complexity index is 1510. The number of hydrogen-bond donors (Lipinski definition) is 1. The maximum absolute atomic E-state index is 13.4. The number of aryl methyl sites for hydroxylation is 2. The highest BCUT2D eigenvalue weighted by atomic mass is 16.5. The van der Waals surface area contributed by atoms with Crippen molar-refractivity contribution in [2.24, 2.45) is 0 Å². The Balaban J connectivity index is 1.65. The number of aliphatic hydroxyl groups is 1. The quantitative estimate of drug-likeness (QED) is 0.225. The predicted octanol–water partition coefficient (Wildman–Crippen LogP) is 4.76. The topological polar surface area (TPSA) is 97.0 Å². The van der Waals surface area contributed by atoms with Crippen LogP contribution in [0.15, 0.2) is 72.7 Å². The van der Waals surface area contributed by atoms with Crippen molar-refractivity contribution < 1.29 is 19.4 Å². The van der Waals surface area contributed by atoms with Gasteiger partial charge in [0.2, 0.25) is 0 Å². The number of fused-ring (bicyclic) bond motifs is 1. The van der Waals surface area contributed by atoms with E-state index >= 15 is 0 Å². The number of benzene rings is 1. The molecule has 1 aliphatic rings. The van der Waals surface area contributed by atoms with Crippen LogP contribution in [0.25, 0.3) is 11.4 Å². The number of nitrogens with zero attached hydrogens (tertiary/aromatic N) is 4. The normalized spacial score (nSPS) is 17.1. The number of likely N-dealkylation sites (tertiary alicyclic amines) is 1.